The van der Waals surface area contributed by atoms with Crippen LogP contribution in [-0.4, -0.2) is 0 Å². The topological polar surface area (TPSA) is 0 Å². The van der Waals surface area contributed by atoms with Gasteiger partial charge in [-0.2, -0.15) is 0 Å². The second kappa shape index (κ2) is 37.9. The fraction of sp³-hybridized carbons (Fsp3) is 0.849. The van der Waals surface area contributed by atoms with Gasteiger partial charge in [-0.15, -0.1) is 0 Å². The molecule has 0 unspecified atom stereocenters. The summed E-state index contributed by atoms with van der Waals surface area (Å²) >= 11 is 0. The maximum Gasteiger partial charge on any atom is -0.0126 e. The highest BCUT2D eigenvalue weighted by Gasteiger charge is 2.17. The van der Waals surface area contributed by atoms with E-state index in [1.807, 2.05) is 0 Å². The van der Waals surface area contributed by atoms with Gasteiger partial charge in [-0.05, 0) is 48.8 Å². The third-order valence-corrected chi connectivity index (χ3v) is 12.7. The number of unbranched alkanes of at least 4 members (excludes halogenated alkanes) is 38. The first-order chi connectivity index (χ1) is 26.3. The molecule has 0 radical (unpaired) electrons. The largest absolute Gasteiger partial charge is 0.0723 e. The second-order valence-corrected chi connectivity index (χ2v) is 17.9. The van der Waals surface area contributed by atoms with Gasteiger partial charge in [0.05, 0.1) is 0 Å². The number of hydrogen-bond donors (Lipinski definition) is 0. The highest BCUT2D eigenvalue weighted by atomic mass is 14.2. The number of hydrogen-bond acceptors (Lipinski definition) is 0. The predicted molar refractivity (Wildman–Crippen MR) is 242 cm³/mol. The number of allylic oxidation sites excluding steroid dienone is 8. The average molecular weight is 733 g/mol. The zero-order valence-electron chi connectivity index (χ0n) is 36.7. The van der Waals surface area contributed by atoms with Crippen molar-refractivity contribution < 1.29 is 0 Å². The Labute approximate surface area is 335 Å². The summed E-state index contributed by atoms with van der Waals surface area (Å²) in [6.45, 7) is 4.62. The minimum absolute atomic E-state index is 1.20. The molecule has 0 amide bonds. The van der Waals surface area contributed by atoms with Crippen molar-refractivity contribution >= 4 is 0 Å². The van der Waals surface area contributed by atoms with Gasteiger partial charge in [0.25, 0.3) is 0 Å². The van der Waals surface area contributed by atoms with Crippen LogP contribution in [0, 0.1) is 0 Å². The Morgan fingerprint density at radius 2 is 0.604 bits per heavy atom. The average Bonchev–Trinajstić information content (AvgIpc) is 3.58. The van der Waals surface area contributed by atoms with Gasteiger partial charge < -0.3 is 0 Å². The van der Waals surface area contributed by atoms with Gasteiger partial charge in [0.2, 0.25) is 0 Å². The van der Waals surface area contributed by atoms with E-state index < -0.39 is 0 Å². The maximum absolute atomic E-state index is 2.56. The van der Waals surface area contributed by atoms with Crippen LogP contribution in [0.2, 0.25) is 0 Å². The van der Waals surface area contributed by atoms with E-state index in [2.05, 4.69) is 38.2 Å². The Hall–Kier alpha value is -1.04. The Balaban J connectivity index is 1.28. The van der Waals surface area contributed by atoms with E-state index in [1.54, 1.807) is 16.7 Å². The summed E-state index contributed by atoms with van der Waals surface area (Å²) in [5.41, 5.74) is 6.39. The van der Waals surface area contributed by atoms with Gasteiger partial charge in [0.15, 0.2) is 0 Å². The van der Waals surface area contributed by atoms with Crippen LogP contribution >= 0.6 is 0 Å². The van der Waals surface area contributed by atoms with Gasteiger partial charge in [0, 0.05) is 0 Å². The van der Waals surface area contributed by atoms with Crippen LogP contribution < -0.4 is 0 Å². The van der Waals surface area contributed by atoms with E-state index in [9.17, 15) is 0 Å². The summed E-state index contributed by atoms with van der Waals surface area (Å²) in [6.07, 6.45) is 72.2. The summed E-state index contributed by atoms with van der Waals surface area (Å²) in [6, 6.07) is 0. The van der Waals surface area contributed by atoms with Crippen molar-refractivity contribution in [1.82, 2.24) is 0 Å². The van der Waals surface area contributed by atoms with Crippen LogP contribution in [0.25, 0.3) is 0 Å². The molecule has 0 saturated heterocycles. The Bertz CT molecular complexity index is 910. The molecule has 308 valence electrons. The lowest BCUT2D eigenvalue weighted by atomic mass is 9.89. The first-order valence-electron chi connectivity index (χ1n) is 25.2. The molecule has 0 spiro atoms. The first kappa shape index (κ1) is 48.1. The van der Waals surface area contributed by atoms with Gasteiger partial charge >= 0.3 is 0 Å². The second-order valence-electron chi connectivity index (χ2n) is 17.9. The molecule has 0 saturated carbocycles. The maximum atomic E-state index is 2.56. The molecule has 53 heavy (non-hydrogen) atoms. The molecule has 0 aromatic heterocycles. The highest BCUT2D eigenvalue weighted by Crippen LogP contribution is 2.36. The minimum Gasteiger partial charge on any atom is -0.0723 e. The molecule has 0 heteroatoms. The third-order valence-electron chi connectivity index (χ3n) is 12.7. The van der Waals surface area contributed by atoms with Crippen LogP contribution in [0.15, 0.2) is 46.6 Å². The summed E-state index contributed by atoms with van der Waals surface area (Å²) in [7, 11) is 0. The van der Waals surface area contributed by atoms with Crippen LogP contribution in [-0.2, 0) is 0 Å². The van der Waals surface area contributed by atoms with Crippen molar-refractivity contribution in [3.63, 3.8) is 0 Å². The zero-order valence-corrected chi connectivity index (χ0v) is 36.7. The molecule has 2 aliphatic carbocycles. The standard InChI is InChI=1S/C53H96/c1-3-5-7-9-11-13-15-17-19-21-23-25-27-29-31-33-35-37-39-41-43-50-45-48-53-51(46-47-52(53)49-50)44-42-40-38-36-34-32-30-28-26-24-22-20-18-16-14-12-10-8-6-4-2/h46-49H,3-45H2,1-2H3. The molecule has 0 aromatic rings. The van der Waals surface area contributed by atoms with Crippen LogP contribution in [0.1, 0.15) is 290 Å². The molecule has 2 rings (SSSR count). The molecule has 2 aliphatic rings. The molecule has 0 fully saturated rings. The molecule has 0 atom stereocenters. The van der Waals surface area contributed by atoms with Gasteiger partial charge in [0.1, 0.15) is 0 Å². The predicted octanol–water partition coefficient (Wildman–Crippen LogP) is 19.5. The number of rotatable bonds is 42. The molecule has 0 aromatic carbocycles. The molecular formula is C53H96. The van der Waals surface area contributed by atoms with E-state index in [4.69, 9.17) is 0 Å². The number of fused-ring (bicyclic) bond motifs is 1. The van der Waals surface area contributed by atoms with Crippen molar-refractivity contribution in [1.29, 1.82) is 0 Å². The van der Waals surface area contributed by atoms with Crippen molar-refractivity contribution in [3.05, 3.63) is 46.6 Å². The molecule has 0 heterocycles. The Kier molecular flexibility index (Phi) is 34.4. The summed E-state index contributed by atoms with van der Waals surface area (Å²) in [4.78, 5) is 0. The van der Waals surface area contributed by atoms with E-state index in [0.717, 1.165) is 0 Å². The molecule has 0 N–H and O–H groups in total. The van der Waals surface area contributed by atoms with E-state index >= 15 is 0 Å². The lowest BCUT2D eigenvalue weighted by Gasteiger charge is -2.16. The zero-order chi connectivity index (χ0) is 37.5. The van der Waals surface area contributed by atoms with E-state index in [-0.39, 0.29) is 0 Å². The monoisotopic (exact) mass is 733 g/mol. The van der Waals surface area contributed by atoms with Crippen molar-refractivity contribution in [3.8, 4) is 0 Å². The van der Waals surface area contributed by atoms with Gasteiger partial charge in [-0.25, -0.2) is 0 Å². The lowest BCUT2D eigenvalue weighted by Crippen LogP contribution is -1.97. The van der Waals surface area contributed by atoms with Crippen LogP contribution in [0.4, 0.5) is 0 Å². The lowest BCUT2D eigenvalue weighted by molar-refractivity contribution is 0.521. The summed E-state index contributed by atoms with van der Waals surface area (Å²) in [5, 5.41) is 0. The smallest absolute Gasteiger partial charge is 0.0126 e. The normalized spacial score (nSPS) is 14.0. The van der Waals surface area contributed by atoms with Crippen LogP contribution in [0.5, 0.6) is 0 Å². The minimum atomic E-state index is 1.20. The molecule has 0 nitrogen and oxygen atoms in total. The van der Waals surface area contributed by atoms with Crippen molar-refractivity contribution in [2.75, 3.05) is 0 Å². The summed E-state index contributed by atoms with van der Waals surface area (Å²) in [5.74, 6) is 0. The Morgan fingerprint density at radius 1 is 0.321 bits per heavy atom. The van der Waals surface area contributed by atoms with Gasteiger partial charge in [-0.3, -0.25) is 0 Å². The highest BCUT2D eigenvalue weighted by molar-refractivity contribution is 5.62. The fourth-order valence-electron chi connectivity index (χ4n) is 9.01. The van der Waals surface area contributed by atoms with E-state index in [1.165, 1.54) is 282 Å². The van der Waals surface area contributed by atoms with Crippen molar-refractivity contribution in [2.45, 2.75) is 290 Å². The molecule has 0 aliphatic heterocycles. The van der Waals surface area contributed by atoms with Gasteiger partial charge in [-0.1, -0.05) is 288 Å². The van der Waals surface area contributed by atoms with E-state index in [0.29, 0.717) is 0 Å². The molecular weight excluding hydrogens is 637 g/mol. The first-order valence-corrected chi connectivity index (χ1v) is 25.2. The Morgan fingerprint density at radius 3 is 0.925 bits per heavy atom. The van der Waals surface area contributed by atoms with Crippen molar-refractivity contribution in [2.24, 2.45) is 0 Å². The fourth-order valence-corrected chi connectivity index (χ4v) is 9.01. The summed E-state index contributed by atoms with van der Waals surface area (Å²) < 4.78 is 0. The quantitative estimate of drug-likeness (QED) is 0.0548. The van der Waals surface area contributed by atoms with Crippen LogP contribution in [0.3, 0.4) is 0 Å². The third kappa shape index (κ3) is 28.9. The molecule has 0 bridgehead atoms. The SMILES string of the molecule is CCCCCCCCCCCCCCCCCCCCCCC1=CC2=CC=C(CCCCCCCCCCCCCCCCCCCCCC)C2=CC1.